The molecule has 1 amide bonds. The molecule has 9 heteroatoms. The van der Waals surface area contributed by atoms with E-state index < -0.39 is 11.1 Å². The fraction of sp³-hybridized carbons (Fsp3) is 0.167. The summed E-state index contributed by atoms with van der Waals surface area (Å²) in [5.74, 6) is -0.229. The molecule has 0 atom stereocenters. The van der Waals surface area contributed by atoms with E-state index in [9.17, 15) is 14.4 Å². The van der Waals surface area contributed by atoms with Crippen molar-refractivity contribution in [3.8, 4) is 0 Å². The lowest BCUT2D eigenvalue weighted by Gasteiger charge is -2.07. The number of hydrogen-bond donors (Lipinski definition) is 3. The number of amides is 1. The number of rotatable bonds is 4. The van der Waals surface area contributed by atoms with Gasteiger partial charge in [0.05, 0.1) is 5.75 Å². The molecule has 0 aliphatic rings. The van der Waals surface area contributed by atoms with E-state index in [0.29, 0.717) is 11.4 Å². The average molecular weight is 307 g/mol. The number of H-pyrrole nitrogens is 1. The normalized spacial score (nSPS) is 10.3. The molecule has 0 bridgehead atoms. The Morgan fingerprint density at radius 3 is 2.95 bits per heavy atom. The van der Waals surface area contributed by atoms with Crippen molar-refractivity contribution in [1.82, 2.24) is 14.8 Å². The Morgan fingerprint density at radius 2 is 2.24 bits per heavy atom. The lowest BCUT2D eigenvalue weighted by atomic mass is 10.3. The van der Waals surface area contributed by atoms with Crippen LogP contribution in [0.3, 0.4) is 0 Å². The minimum Gasteiger partial charge on any atom is -0.399 e. The monoisotopic (exact) mass is 307 g/mol. The van der Waals surface area contributed by atoms with Crippen LogP contribution in [0.1, 0.15) is 0 Å². The van der Waals surface area contributed by atoms with Crippen LogP contribution in [0.4, 0.5) is 11.4 Å². The number of thioether (sulfide) groups is 1. The van der Waals surface area contributed by atoms with Gasteiger partial charge in [0, 0.05) is 18.4 Å². The number of carbonyl (C=O) groups excluding carboxylic acids is 1. The van der Waals surface area contributed by atoms with E-state index in [0.717, 1.165) is 11.8 Å². The fourth-order valence-corrected chi connectivity index (χ4v) is 2.25. The molecule has 110 valence electrons. The zero-order valence-corrected chi connectivity index (χ0v) is 11.9. The van der Waals surface area contributed by atoms with Crippen molar-refractivity contribution in [2.75, 3.05) is 16.8 Å². The van der Waals surface area contributed by atoms with E-state index in [1.165, 1.54) is 11.7 Å². The third-order valence-electron chi connectivity index (χ3n) is 2.45. The van der Waals surface area contributed by atoms with Crippen LogP contribution in [-0.4, -0.2) is 26.4 Å². The molecule has 21 heavy (non-hydrogen) atoms. The third-order valence-corrected chi connectivity index (χ3v) is 3.48. The van der Waals surface area contributed by atoms with Crippen LogP contribution < -0.4 is 22.2 Å². The smallest absolute Gasteiger partial charge is 0.339 e. The molecule has 2 rings (SSSR count). The minimum absolute atomic E-state index is 0.0428. The first kappa shape index (κ1) is 14.9. The lowest BCUT2D eigenvalue weighted by molar-refractivity contribution is -0.113. The Labute approximate surface area is 123 Å². The van der Waals surface area contributed by atoms with Gasteiger partial charge in [0.1, 0.15) is 0 Å². The molecular formula is C12H13N5O3S. The van der Waals surface area contributed by atoms with Gasteiger partial charge in [-0.2, -0.15) is 4.98 Å². The summed E-state index contributed by atoms with van der Waals surface area (Å²) in [6.07, 6.45) is 0. The second-order valence-electron chi connectivity index (χ2n) is 4.16. The Morgan fingerprint density at radius 1 is 1.48 bits per heavy atom. The van der Waals surface area contributed by atoms with Gasteiger partial charge in [-0.1, -0.05) is 17.8 Å². The molecule has 4 N–H and O–H groups in total. The van der Waals surface area contributed by atoms with Crippen molar-refractivity contribution in [3.63, 3.8) is 0 Å². The maximum Gasteiger partial charge on any atom is 0.339 e. The number of aryl methyl sites for hydroxylation is 1. The van der Waals surface area contributed by atoms with Crippen LogP contribution in [0.25, 0.3) is 0 Å². The standard InChI is InChI=1S/C12H13N5O3S/c1-17-12(15-10(19)11(20)16-17)21-6-9(18)14-8-4-2-3-7(13)5-8/h2-5H,6,13H2,1H3,(H,14,18)(H,16,20). The number of nitrogens with two attached hydrogens (primary N) is 1. The summed E-state index contributed by atoms with van der Waals surface area (Å²) in [5.41, 5.74) is 5.06. The number of carbonyl (C=O) groups is 1. The van der Waals surface area contributed by atoms with Gasteiger partial charge in [0.2, 0.25) is 5.91 Å². The highest BCUT2D eigenvalue weighted by molar-refractivity contribution is 7.99. The summed E-state index contributed by atoms with van der Waals surface area (Å²) in [4.78, 5) is 37.6. The zero-order chi connectivity index (χ0) is 15.4. The van der Waals surface area contributed by atoms with Crippen molar-refractivity contribution in [2.24, 2.45) is 7.05 Å². The van der Waals surface area contributed by atoms with E-state index in [-0.39, 0.29) is 16.8 Å². The Balaban J connectivity index is 2.00. The van der Waals surface area contributed by atoms with Gasteiger partial charge in [-0.25, -0.2) is 0 Å². The molecule has 0 radical (unpaired) electrons. The van der Waals surface area contributed by atoms with Gasteiger partial charge < -0.3 is 11.1 Å². The first-order valence-corrected chi connectivity index (χ1v) is 6.90. The first-order chi connectivity index (χ1) is 9.95. The molecule has 0 spiro atoms. The van der Waals surface area contributed by atoms with Crippen molar-refractivity contribution >= 4 is 29.0 Å². The topological polar surface area (TPSA) is 123 Å². The minimum atomic E-state index is -0.883. The van der Waals surface area contributed by atoms with Gasteiger partial charge in [0.15, 0.2) is 5.16 Å². The summed E-state index contributed by atoms with van der Waals surface area (Å²) in [6.45, 7) is 0. The molecule has 0 aliphatic carbocycles. The third kappa shape index (κ3) is 3.96. The largest absolute Gasteiger partial charge is 0.399 e. The SMILES string of the molecule is Cn1[nH]c(=O)c(=O)nc1SCC(=O)Nc1cccc(N)c1. The van der Waals surface area contributed by atoms with Crippen LogP contribution in [0, 0.1) is 0 Å². The van der Waals surface area contributed by atoms with Crippen LogP contribution in [0.5, 0.6) is 0 Å². The number of anilines is 2. The highest BCUT2D eigenvalue weighted by Crippen LogP contribution is 2.14. The predicted octanol–water partition coefficient (Wildman–Crippen LogP) is -0.218. The summed E-state index contributed by atoms with van der Waals surface area (Å²) in [7, 11) is 1.53. The molecule has 0 aliphatic heterocycles. The van der Waals surface area contributed by atoms with Gasteiger partial charge in [-0.3, -0.25) is 24.2 Å². The van der Waals surface area contributed by atoms with Crippen LogP contribution in [0.2, 0.25) is 0 Å². The average Bonchev–Trinajstić information content (AvgIpc) is 2.41. The van der Waals surface area contributed by atoms with Gasteiger partial charge in [0.25, 0.3) is 0 Å². The lowest BCUT2D eigenvalue weighted by Crippen LogP contribution is -2.34. The van der Waals surface area contributed by atoms with Crippen molar-refractivity contribution in [3.05, 3.63) is 45.0 Å². The molecule has 0 fully saturated rings. The predicted molar refractivity (Wildman–Crippen MR) is 80.3 cm³/mol. The van der Waals surface area contributed by atoms with Crippen LogP contribution in [0.15, 0.2) is 39.0 Å². The molecule has 2 aromatic rings. The maximum atomic E-state index is 11.8. The number of aromatic amines is 1. The second kappa shape index (κ2) is 6.27. The molecule has 0 unspecified atom stereocenters. The van der Waals surface area contributed by atoms with Crippen molar-refractivity contribution < 1.29 is 4.79 Å². The molecule has 0 saturated carbocycles. The van der Waals surface area contributed by atoms with Gasteiger partial charge in [-0.05, 0) is 18.2 Å². The Hall–Kier alpha value is -2.55. The molecule has 0 saturated heterocycles. The molecule has 1 aromatic carbocycles. The first-order valence-electron chi connectivity index (χ1n) is 5.91. The van der Waals surface area contributed by atoms with Gasteiger partial charge in [-0.15, -0.1) is 0 Å². The molecule has 1 heterocycles. The number of nitrogens with one attached hydrogen (secondary N) is 2. The summed E-state index contributed by atoms with van der Waals surface area (Å²) in [6, 6.07) is 6.79. The van der Waals surface area contributed by atoms with Crippen LogP contribution >= 0.6 is 11.8 Å². The fourth-order valence-electron chi connectivity index (χ4n) is 1.53. The second-order valence-corrected chi connectivity index (χ2v) is 5.10. The highest BCUT2D eigenvalue weighted by atomic mass is 32.2. The van der Waals surface area contributed by atoms with Gasteiger partial charge >= 0.3 is 11.1 Å². The van der Waals surface area contributed by atoms with Crippen molar-refractivity contribution in [1.29, 1.82) is 0 Å². The van der Waals surface area contributed by atoms with E-state index in [1.54, 1.807) is 24.3 Å². The molecular weight excluding hydrogens is 294 g/mol. The zero-order valence-electron chi connectivity index (χ0n) is 11.1. The van der Waals surface area contributed by atoms with Crippen LogP contribution in [-0.2, 0) is 11.8 Å². The van der Waals surface area contributed by atoms with Crippen molar-refractivity contribution in [2.45, 2.75) is 5.16 Å². The highest BCUT2D eigenvalue weighted by Gasteiger charge is 2.08. The number of hydrogen-bond acceptors (Lipinski definition) is 6. The van der Waals surface area contributed by atoms with E-state index in [4.69, 9.17) is 5.73 Å². The number of aromatic nitrogens is 3. The number of nitrogens with zero attached hydrogens (tertiary/aromatic N) is 2. The number of nitrogen functional groups attached to an aromatic ring is 1. The quantitative estimate of drug-likeness (QED) is 0.408. The van der Waals surface area contributed by atoms with E-state index >= 15 is 0 Å². The Bertz CT molecular complexity index is 783. The van der Waals surface area contributed by atoms with E-state index in [1.807, 2.05) is 0 Å². The Kier molecular flexibility index (Phi) is 4.43. The summed E-state index contributed by atoms with van der Waals surface area (Å²) in [5, 5.41) is 5.23. The molecule has 1 aromatic heterocycles. The number of benzene rings is 1. The maximum absolute atomic E-state index is 11.8. The molecule has 8 nitrogen and oxygen atoms in total. The summed E-state index contributed by atoms with van der Waals surface area (Å²) >= 11 is 1.04. The van der Waals surface area contributed by atoms with E-state index in [2.05, 4.69) is 15.4 Å². The summed E-state index contributed by atoms with van der Waals surface area (Å²) < 4.78 is 1.29.